The first-order valence-corrected chi connectivity index (χ1v) is 10.4. The Hall–Kier alpha value is -1.97. The van der Waals surface area contributed by atoms with Gasteiger partial charge in [-0.2, -0.15) is 0 Å². The van der Waals surface area contributed by atoms with E-state index in [1.165, 1.54) is 30.2 Å². The van der Waals surface area contributed by atoms with E-state index in [2.05, 4.69) is 20.7 Å². The molecule has 1 unspecified atom stereocenters. The van der Waals surface area contributed by atoms with Crippen LogP contribution in [0.3, 0.4) is 0 Å². The Morgan fingerprint density at radius 3 is 2.63 bits per heavy atom. The molecule has 1 amide bonds. The van der Waals surface area contributed by atoms with E-state index in [1.807, 2.05) is 0 Å². The van der Waals surface area contributed by atoms with Crippen LogP contribution < -0.4 is 19.1 Å². The van der Waals surface area contributed by atoms with Crippen LogP contribution in [-0.4, -0.2) is 34.6 Å². The van der Waals surface area contributed by atoms with Crippen LogP contribution >= 0.6 is 27.5 Å². The smallest absolute Gasteiger partial charge is 0.267 e. The molecule has 1 aliphatic rings. The second-order valence-electron chi connectivity index (χ2n) is 5.86. The SMILES string of the molecule is COc1ccc(NS(=O)(=O)c2cc(Br)cc3c2OC(C)C(=O)N3C)cc1Cl. The number of anilines is 2. The Balaban J connectivity index is 2.06. The van der Waals surface area contributed by atoms with Crippen molar-refractivity contribution < 1.29 is 22.7 Å². The summed E-state index contributed by atoms with van der Waals surface area (Å²) in [5.41, 5.74) is 0.628. The molecule has 1 aliphatic heterocycles. The molecule has 1 heterocycles. The number of likely N-dealkylation sites (N-methyl/N-ethyl adjacent to an activating group) is 1. The van der Waals surface area contributed by atoms with E-state index in [-0.39, 0.29) is 27.3 Å². The lowest BCUT2D eigenvalue weighted by molar-refractivity contribution is -0.125. The molecule has 27 heavy (non-hydrogen) atoms. The van der Waals surface area contributed by atoms with E-state index >= 15 is 0 Å². The number of ether oxygens (including phenoxy) is 2. The molecule has 7 nitrogen and oxygen atoms in total. The molecule has 2 aromatic carbocycles. The number of sulfonamides is 1. The number of benzene rings is 2. The molecule has 1 N–H and O–H groups in total. The van der Waals surface area contributed by atoms with E-state index in [0.717, 1.165) is 0 Å². The zero-order chi connectivity index (χ0) is 19.9. The number of amides is 1. The topological polar surface area (TPSA) is 84.9 Å². The highest BCUT2D eigenvalue weighted by Gasteiger charge is 2.34. The van der Waals surface area contributed by atoms with Crippen LogP contribution in [0, 0.1) is 0 Å². The number of nitrogens with one attached hydrogen (secondary N) is 1. The second-order valence-corrected chi connectivity index (χ2v) is 8.84. The molecule has 0 aliphatic carbocycles. The summed E-state index contributed by atoms with van der Waals surface area (Å²) < 4.78 is 39.6. The summed E-state index contributed by atoms with van der Waals surface area (Å²) in [5, 5.41) is 0.268. The largest absolute Gasteiger partial charge is 0.495 e. The molecule has 1 atom stereocenters. The highest BCUT2D eigenvalue weighted by atomic mass is 79.9. The van der Waals surface area contributed by atoms with Crippen molar-refractivity contribution in [1.82, 2.24) is 0 Å². The van der Waals surface area contributed by atoms with Gasteiger partial charge in [-0.3, -0.25) is 9.52 Å². The molecule has 10 heteroatoms. The van der Waals surface area contributed by atoms with Crippen molar-refractivity contribution in [3.63, 3.8) is 0 Å². The summed E-state index contributed by atoms with van der Waals surface area (Å²) >= 11 is 9.35. The van der Waals surface area contributed by atoms with Gasteiger partial charge >= 0.3 is 0 Å². The average molecular weight is 476 g/mol. The van der Waals surface area contributed by atoms with Crippen LogP contribution in [0.1, 0.15) is 6.92 Å². The molecule has 0 bridgehead atoms. The molecule has 0 spiro atoms. The highest BCUT2D eigenvalue weighted by molar-refractivity contribution is 9.10. The fourth-order valence-corrected chi connectivity index (χ4v) is 4.76. The van der Waals surface area contributed by atoms with Crippen LogP contribution in [0.2, 0.25) is 5.02 Å². The van der Waals surface area contributed by atoms with Gasteiger partial charge in [0.05, 0.1) is 23.5 Å². The summed E-state index contributed by atoms with van der Waals surface area (Å²) in [4.78, 5) is 13.4. The number of carbonyl (C=O) groups excluding carboxylic acids is 1. The van der Waals surface area contributed by atoms with E-state index in [9.17, 15) is 13.2 Å². The van der Waals surface area contributed by atoms with Gasteiger partial charge in [0.15, 0.2) is 11.9 Å². The monoisotopic (exact) mass is 474 g/mol. The van der Waals surface area contributed by atoms with Crippen molar-refractivity contribution in [3.8, 4) is 11.5 Å². The standard InChI is InChI=1S/C17H16BrClN2O5S/c1-9-17(22)21(2)13-6-10(18)7-15(16(13)26-9)27(23,24)20-11-4-5-14(25-3)12(19)8-11/h4-9,20H,1-3H3. The lowest BCUT2D eigenvalue weighted by Gasteiger charge is -2.31. The third-order valence-electron chi connectivity index (χ3n) is 4.03. The van der Waals surface area contributed by atoms with Crippen LogP contribution in [0.5, 0.6) is 11.5 Å². The number of hydrogen-bond donors (Lipinski definition) is 1. The van der Waals surface area contributed by atoms with E-state index < -0.39 is 16.1 Å². The van der Waals surface area contributed by atoms with Gasteiger partial charge < -0.3 is 14.4 Å². The van der Waals surface area contributed by atoms with Gasteiger partial charge in [0, 0.05) is 11.5 Å². The molecular weight excluding hydrogens is 460 g/mol. The quantitative estimate of drug-likeness (QED) is 0.729. The first-order valence-electron chi connectivity index (χ1n) is 7.78. The lowest BCUT2D eigenvalue weighted by atomic mass is 10.2. The van der Waals surface area contributed by atoms with Gasteiger partial charge in [0.2, 0.25) is 0 Å². The first kappa shape index (κ1) is 19.8. The summed E-state index contributed by atoms with van der Waals surface area (Å²) in [6.45, 7) is 1.57. The highest BCUT2D eigenvalue weighted by Crippen LogP contribution is 2.42. The summed E-state index contributed by atoms with van der Waals surface area (Å²) in [6, 6.07) is 7.58. The zero-order valence-electron chi connectivity index (χ0n) is 14.6. The Morgan fingerprint density at radius 1 is 1.30 bits per heavy atom. The predicted molar refractivity (Wildman–Crippen MR) is 106 cm³/mol. The Morgan fingerprint density at radius 2 is 2.00 bits per heavy atom. The number of halogens is 2. The van der Waals surface area contributed by atoms with Crippen molar-refractivity contribution >= 4 is 54.8 Å². The Kier molecular flexibility index (Phi) is 5.29. The predicted octanol–water partition coefficient (Wildman–Crippen LogP) is 3.66. The maximum Gasteiger partial charge on any atom is 0.267 e. The fourth-order valence-electron chi connectivity index (χ4n) is 2.68. The van der Waals surface area contributed by atoms with Crippen molar-refractivity contribution in [3.05, 3.63) is 39.8 Å². The zero-order valence-corrected chi connectivity index (χ0v) is 17.8. The van der Waals surface area contributed by atoms with Crippen molar-refractivity contribution in [1.29, 1.82) is 0 Å². The molecule has 0 saturated carbocycles. The summed E-state index contributed by atoms with van der Waals surface area (Å²) in [7, 11) is -0.984. The molecule has 0 saturated heterocycles. The number of carbonyl (C=O) groups is 1. The van der Waals surface area contributed by atoms with Gasteiger partial charge in [-0.25, -0.2) is 8.42 Å². The molecule has 3 rings (SSSR count). The van der Waals surface area contributed by atoms with Gasteiger partial charge in [-0.15, -0.1) is 0 Å². The van der Waals surface area contributed by atoms with Crippen LogP contribution in [-0.2, 0) is 14.8 Å². The molecule has 2 aromatic rings. The Bertz CT molecular complexity index is 1030. The second kappa shape index (κ2) is 7.21. The fraction of sp³-hybridized carbons (Fsp3) is 0.235. The number of rotatable bonds is 4. The molecule has 0 fully saturated rings. The molecular formula is C17H16BrClN2O5S. The number of hydrogen-bond acceptors (Lipinski definition) is 5. The average Bonchev–Trinajstić information content (AvgIpc) is 2.60. The minimum Gasteiger partial charge on any atom is -0.495 e. The summed E-state index contributed by atoms with van der Waals surface area (Å²) in [5.74, 6) is 0.274. The van der Waals surface area contributed by atoms with Crippen molar-refractivity contribution in [2.24, 2.45) is 0 Å². The van der Waals surface area contributed by atoms with E-state index in [0.29, 0.717) is 15.9 Å². The van der Waals surface area contributed by atoms with Gasteiger partial charge in [0.25, 0.3) is 15.9 Å². The summed E-state index contributed by atoms with van der Waals surface area (Å²) in [6.07, 6.45) is -0.798. The third kappa shape index (κ3) is 3.71. The normalized spacial score (nSPS) is 16.6. The van der Waals surface area contributed by atoms with Crippen LogP contribution in [0.15, 0.2) is 39.7 Å². The van der Waals surface area contributed by atoms with Crippen molar-refractivity contribution in [2.75, 3.05) is 23.8 Å². The van der Waals surface area contributed by atoms with E-state index in [4.69, 9.17) is 21.1 Å². The maximum atomic E-state index is 13.0. The molecule has 144 valence electrons. The van der Waals surface area contributed by atoms with Crippen LogP contribution in [0.25, 0.3) is 0 Å². The van der Waals surface area contributed by atoms with Crippen molar-refractivity contribution in [2.45, 2.75) is 17.9 Å². The minimum atomic E-state index is -4.02. The maximum absolute atomic E-state index is 13.0. The molecule has 0 aromatic heterocycles. The van der Waals surface area contributed by atoms with Gasteiger partial charge in [0.1, 0.15) is 10.6 Å². The number of methoxy groups -OCH3 is 1. The third-order valence-corrected chi connectivity index (χ3v) is 6.17. The first-order chi connectivity index (χ1) is 12.6. The lowest BCUT2D eigenvalue weighted by Crippen LogP contribution is -2.42. The minimum absolute atomic E-state index is 0.0926. The molecule has 0 radical (unpaired) electrons. The van der Waals surface area contributed by atoms with Gasteiger partial charge in [-0.05, 0) is 37.3 Å². The number of nitrogens with zero attached hydrogens (tertiary/aromatic N) is 1. The van der Waals surface area contributed by atoms with Crippen LogP contribution in [0.4, 0.5) is 11.4 Å². The number of fused-ring (bicyclic) bond motifs is 1. The van der Waals surface area contributed by atoms with Gasteiger partial charge in [-0.1, -0.05) is 27.5 Å². The Labute approximate surface area is 170 Å². The van der Waals surface area contributed by atoms with E-state index in [1.54, 1.807) is 26.1 Å².